The van der Waals surface area contributed by atoms with Crippen LogP contribution in [-0.4, -0.2) is 36.5 Å². The van der Waals surface area contributed by atoms with E-state index in [-0.39, 0.29) is 5.91 Å². The molecule has 0 aliphatic carbocycles. The Balaban J connectivity index is 4.37. The topological polar surface area (TPSA) is 46.6 Å². The molecule has 0 bridgehead atoms. The number of likely N-dealkylation sites (N-methyl/N-ethyl adjacent to an activating group) is 1. The Labute approximate surface area is 83.8 Å². The van der Waals surface area contributed by atoms with Gasteiger partial charge < -0.3 is 9.64 Å². The van der Waals surface area contributed by atoms with Crippen molar-refractivity contribution in [2.45, 2.75) is 19.9 Å². The SMILES string of the molecule is C=C=CC(=O)N(C)[C@H](C)C(=O)OCC. The van der Waals surface area contributed by atoms with Crippen LogP contribution in [0.3, 0.4) is 0 Å². The highest BCUT2D eigenvalue weighted by atomic mass is 16.5. The molecule has 0 aromatic rings. The Morgan fingerprint density at radius 1 is 1.64 bits per heavy atom. The Kier molecular flexibility index (Phi) is 5.34. The molecule has 0 unspecified atom stereocenters. The maximum Gasteiger partial charge on any atom is 0.328 e. The standard InChI is InChI=1S/C10H15NO3/c1-5-7-9(12)11(4)8(3)10(13)14-6-2/h7-8H,1,6H2,2-4H3/t8-/m1/s1. The fraction of sp³-hybridized carbons (Fsp3) is 0.500. The molecule has 0 aliphatic rings. The van der Waals surface area contributed by atoms with Crippen molar-refractivity contribution < 1.29 is 14.3 Å². The molecule has 0 aromatic heterocycles. The highest BCUT2D eigenvalue weighted by molar-refractivity contribution is 5.90. The van der Waals surface area contributed by atoms with Gasteiger partial charge in [0.05, 0.1) is 6.61 Å². The smallest absolute Gasteiger partial charge is 0.328 e. The molecule has 1 amide bonds. The third-order valence-electron chi connectivity index (χ3n) is 1.78. The number of hydrogen-bond donors (Lipinski definition) is 0. The van der Waals surface area contributed by atoms with Crippen LogP contribution in [-0.2, 0) is 14.3 Å². The zero-order chi connectivity index (χ0) is 11.1. The van der Waals surface area contributed by atoms with Gasteiger partial charge in [-0.25, -0.2) is 4.79 Å². The molecule has 1 atom stereocenters. The summed E-state index contributed by atoms with van der Waals surface area (Å²) >= 11 is 0. The lowest BCUT2D eigenvalue weighted by Crippen LogP contribution is -2.40. The van der Waals surface area contributed by atoms with E-state index in [2.05, 4.69) is 12.3 Å². The van der Waals surface area contributed by atoms with Gasteiger partial charge in [-0.1, -0.05) is 6.58 Å². The summed E-state index contributed by atoms with van der Waals surface area (Å²) in [6, 6.07) is -0.591. The molecule has 0 aliphatic heterocycles. The van der Waals surface area contributed by atoms with Crippen molar-refractivity contribution >= 4 is 11.9 Å². The third-order valence-corrected chi connectivity index (χ3v) is 1.78. The van der Waals surface area contributed by atoms with Gasteiger partial charge in [-0.05, 0) is 13.8 Å². The Bertz CT molecular complexity index is 267. The zero-order valence-electron chi connectivity index (χ0n) is 8.74. The summed E-state index contributed by atoms with van der Waals surface area (Å²) in [5.74, 6) is -0.735. The van der Waals surface area contributed by atoms with Crippen molar-refractivity contribution in [3.8, 4) is 0 Å². The van der Waals surface area contributed by atoms with Gasteiger partial charge in [0.2, 0.25) is 0 Å². The second kappa shape index (κ2) is 6.00. The lowest BCUT2D eigenvalue weighted by Gasteiger charge is -2.21. The molecule has 0 saturated heterocycles. The van der Waals surface area contributed by atoms with Crippen LogP contribution in [0.25, 0.3) is 0 Å². The molecule has 0 saturated carbocycles. The van der Waals surface area contributed by atoms with Crippen molar-refractivity contribution in [2.24, 2.45) is 0 Å². The van der Waals surface area contributed by atoms with E-state index in [9.17, 15) is 9.59 Å². The minimum absolute atomic E-state index is 0.308. The van der Waals surface area contributed by atoms with Gasteiger partial charge in [0.25, 0.3) is 5.91 Å². The van der Waals surface area contributed by atoms with Crippen molar-refractivity contribution in [2.75, 3.05) is 13.7 Å². The van der Waals surface area contributed by atoms with E-state index in [1.54, 1.807) is 13.8 Å². The lowest BCUT2D eigenvalue weighted by molar-refractivity contribution is -0.151. The van der Waals surface area contributed by atoms with Gasteiger partial charge in [-0.15, -0.1) is 5.73 Å². The number of amides is 1. The van der Waals surface area contributed by atoms with E-state index >= 15 is 0 Å². The Morgan fingerprint density at radius 3 is 2.64 bits per heavy atom. The fourth-order valence-electron chi connectivity index (χ4n) is 0.801. The minimum Gasteiger partial charge on any atom is -0.464 e. The zero-order valence-corrected chi connectivity index (χ0v) is 8.74. The predicted octanol–water partition coefficient (Wildman–Crippen LogP) is 0.738. The molecule has 0 aromatic carbocycles. The fourth-order valence-corrected chi connectivity index (χ4v) is 0.801. The molecule has 0 spiro atoms. The minimum atomic E-state index is -0.591. The normalized spacial score (nSPS) is 11.1. The van der Waals surface area contributed by atoms with Gasteiger partial charge in [0.1, 0.15) is 6.04 Å². The van der Waals surface area contributed by atoms with Gasteiger partial charge in [0.15, 0.2) is 0 Å². The number of rotatable bonds is 4. The molecular weight excluding hydrogens is 182 g/mol. The van der Waals surface area contributed by atoms with E-state index in [4.69, 9.17) is 4.74 Å². The third kappa shape index (κ3) is 3.46. The summed E-state index contributed by atoms with van der Waals surface area (Å²) < 4.78 is 4.77. The van der Waals surface area contributed by atoms with E-state index in [0.717, 1.165) is 0 Å². The highest BCUT2D eigenvalue weighted by Gasteiger charge is 2.21. The molecule has 78 valence electrons. The number of carbonyl (C=O) groups is 2. The van der Waals surface area contributed by atoms with Crippen LogP contribution in [0, 0.1) is 0 Å². The number of esters is 1. The molecule has 0 rings (SSSR count). The average molecular weight is 197 g/mol. The summed E-state index contributed by atoms with van der Waals surface area (Å²) in [6.07, 6.45) is 1.18. The summed E-state index contributed by atoms with van der Waals surface area (Å²) in [5.41, 5.74) is 2.36. The molecule has 4 heteroatoms. The maximum atomic E-state index is 11.3. The first-order chi connectivity index (χ1) is 6.54. The highest BCUT2D eigenvalue weighted by Crippen LogP contribution is 1.99. The first-order valence-electron chi connectivity index (χ1n) is 4.33. The van der Waals surface area contributed by atoms with E-state index in [1.165, 1.54) is 18.0 Å². The van der Waals surface area contributed by atoms with Crippen LogP contribution < -0.4 is 0 Å². The summed E-state index contributed by atoms with van der Waals surface area (Å²) in [5, 5.41) is 0. The van der Waals surface area contributed by atoms with Crippen molar-refractivity contribution in [3.05, 3.63) is 18.4 Å². The molecule has 0 fully saturated rings. The Morgan fingerprint density at radius 2 is 2.21 bits per heavy atom. The van der Waals surface area contributed by atoms with Gasteiger partial charge in [-0.2, -0.15) is 0 Å². The van der Waals surface area contributed by atoms with E-state index in [1.807, 2.05) is 0 Å². The molecule has 0 heterocycles. The first-order valence-corrected chi connectivity index (χ1v) is 4.33. The largest absolute Gasteiger partial charge is 0.464 e. The van der Waals surface area contributed by atoms with Crippen molar-refractivity contribution in [1.29, 1.82) is 0 Å². The number of hydrogen-bond acceptors (Lipinski definition) is 3. The van der Waals surface area contributed by atoms with Crippen molar-refractivity contribution in [3.63, 3.8) is 0 Å². The number of carbonyl (C=O) groups excluding carboxylic acids is 2. The number of nitrogens with zero attached hydrogens (tertiary/aromatic N) is 1. The summed E-state index contributed by atoms with van der Waals surface area (Å²) in [4.78, 5) is 23.8. The van der Waals surface area contributed by atoms with Crippen LogP contribution in [0.5, 0.6) is 0 Å². The second-order valence-corrected chi connectivity index (χ2v) is 2.73. The van der Waals surface area contributed by atoms with E-state index < -0.39 is 12.0 Å². The van der Waals surface area contributed by atoms with Gasteiger partial charge in [-0.3, -0.25) is 4.79 Å². The van der Waals surface area contributed by atoms with Crippen LogP contribution >= 0.6 is 0 Å². The van der Waals surface area contributed by atoms with Crippen LogP contribution in [0.4, 0.5) is 0 Å². The predicted molar refractivity (Wildman–Crippen MR) is 52.6 cm³/mol. The summed E-state index contributed by atoms with van der Waals surface area (Å²) in [7, 11) is 1.53. The maximum absolute atomic E-state index is 11.3. The lowest BCUT2D eigenvalue weighted by atomic mass is 10.3. The van der Waals surface area contributed by atoms with E-state index in [0.29, 0.717) is 6.61 Å². The molecule has 0 radical (unpaired) electrons. The quantitative estimate of drug-likeness (QED) is 0.379. The monoisotopic (exact) mass is 197 g/mol. The molecule has 0 N–H and O–H groups in total. The molecular formula is C10H15NO3. The average Bonchev–Trinajstić information content (AvgIpc) is 2.16. The van der Waals surface area contributed by atoms with Crippen LogP contribution in [0.1, 0.15) is 13.8 Å². The summed E-state index contributed by atoms with van der Waals surface area (Å²) in [6.45, 7) is 6.91. The van der Waals surface area contributed by atoms with Gasteiger partial charge in [0, 0.05) is 13.1 Å². The number of ether oxygens (including phenoxy) is 1. The second-order valence-electron chi connectivity index (χ2n) is 2.73. The first kappa shape index (κ1) is 12.5. The molecule has 14 heavy (non-hydrogen) atoms. The van der Waals surface area contributed by atoms with Crippen molar-refractivity contribution in [1.82, 2.24) is 4.90 Å². The van der Waals surface area contributed by atoms with Crippen LogP contribution in [0.2, 0.25) is 0 Å². The molecule has 4 nitrogen and oxygen atoms in total. The van der Waals surface area contributed by atoms with Gasteiger partial charge >= 0.3 is 5.97 Å². The Hall–Kier alpha value is -1.54. The van der Waals surface area contributed by atoms with Crippen LogP contribution in [0.15, 0.2) is 18.4 Å².